The third-order valence-electron chi connectivity index (χ3n) is 11.8. The average molecular weight is 1170 g/mol. The van der Waals surface area contributed by atoms with Gasteiger partial charge < -0.3 is 28.1 Å². The molecule has 0 saturated carbocycles. The van der Waals surface area contributed by atoms with E-state index in [9.17, 15) is 111 Å². The minimum atomic E-state index is -8.05. The molecule has 1 aliphatic rings. The lowest BCUT2D eigenvalue weighted by Gasteiger charge is -2.43. The zero-order chi connectivity index (χ0) is 59.3. The molecule has 9 nitrogen and oxygen atoms in total. The quantitative estimate of drug-likeness (QED) is 0.0391. The number of esters is 3. The van der Waals surface area contributed by atoms with E-state index < -0.39 is 173 Å². The fourth-order valence-corrected chi connectivity index (χ4v) is 11.8. The van der Waals surface area contributed by atoms with E-state index in [1.165, 1.54) is 53.7 Å². The molecule has 0 N–H and O–H groups in total. The van der Waals surface area contributed by atoms with E-state index in [1.807, 2.05) is 0 Å². The van der Waals surface area contributed by atoms with Crippen LogP contribution in [0.5, 0.6) is 5.75 Å². The Morgan fingerprint density at radius 2 is 0.974 bits per heavy atom. The highest BCUT2D eigenvalue weighted by Crippen LogP contribution is 2.61. The zero-order valence-corrected chi connectivity index (χ0v) is 41.6. The largest absolute Gasteiger partial charge is 0.494 e. The molecule has 32 heteroatoms. The van der Waals surface area contributed by atoms with Crippen LogP contribution in [-0.2, 0) is 44.4 Å². The van der Waals surface area contributed by atoms with Crippen LogP contribution < -0.4 is 4.74 Å². The van der Waals surface area contributed by atoms with Gasteiger partial charge in [0.1, 0.15) is 36.3 Å². The summed E-state index contributed by atoms with van der Waals surface area (Å²) >= 11 is 0. The Labute approximate surface area is 419 Å². The highest BCUT2D eigenvalue weighted by Gasteiger charge is 2.90. The summed E-state index contributed by atoms with van der Waals surface area (Å²) in [5.74, 6) is -61.4. The van der Waals surface area contributed by atoms with Crippen LogP contribution in [0.1, 0.15) is 79.7 Å². The Bertz CT molecular complexity index is 2150. The Balaban J connectivity index is 2.34. The van der Waals surface area contributed by atoms with Crippen LogP contribution in [0.3, 0.4) is 0 Å². The van der Waals surface area contributed by atoms with E-state index in [1.54, 1.807) is 0 Å². The smallest absolute Gasteiger partial charge is 0.460 e. The van der Waals surface area contributed by atoms with E-state index >= 15 is 0 Å². The van der Waals surface area contributed by atoms with Crippen molar-refractivity contribution in [2.24, 2.45) is 0 Å². The third kappa shape index (κ3) is 14.8. The maximum Gasteiger partial charge on any atom is 0.460 e. The molecule has 1 aromatic rings. The minimum absolute atomic E-state index is 0.193. The highest BCUT2D eigenvalue weighted by atomic mass is 28.4. The number of halogens is 22. The lowest BCUT2D eigenvalue weighted by molar-refractivity contribution is -0.440. The van der Waals surface area contributed by atoms with Gasteiger partial charge in [0.25, 0.3) is 0 Å². The summed E-state index contributed by atoms with van der Waals surface area (Å²) in [5.41, 5.74) is -1.62. The molecule has 0 aliphatic carbocycles. The van der Waals surface area contributed by atoms with Crippen LogP contribution in [0.2, 0.25) is 17.1 Å². The van der Waals surface area contributed by atoms with E-state index in [2.05, 4.69) is 0 Å². The molecule has 438 valence electrons. The summed E-state index contributed by atoms with van der Waals surface area (Å²) in [6, 6.07) is 3.34. The molecule has 76 heavy (non-hydrogen) atoms. The van der Waals surface area contributed by atoms with Gasteiger partial charge in [-0.3, -0.25) is 4.79 Å². The maximum absolute atomic E-state index is 14.9. The van der Waals surface area contributed by atoms with Crippen LogP contribution in [0.4, 0.5) is 96.6 Å². The van der Waals surface area contributed by atoms with Gasteiger partial charge in [-0.15, -0.1) is 0 Å². The number of carbonyl (C=O) groups is 3. The summed E-state index contributed by atoms with van der Waals surface area (Å²) in [4.78, 5) is 38.9. The van der Waals surface area contributed by atoms with Crippen LogP contribution in [0, 0.1) is 0 Å². The first-order valence-corrected chi connectivity index (χ1v) is 24.5. The molecule has 0 radical (unpaired) electrons. The van der Waals surface area contributed by atoms with Crippen molar-refractivity contribution in [2.45, 2.75) is 188 Å². The second-order valence-electron chi connectivity index (χ2n) is 18.1. The number of ether oxygens (including phenoxy) is 5. The normalized spacial score (nSPS) is 22.3. The molecule has 0 spiro atoms. The predicted molar refractivity (Wildman–Crippen MR) is 221 cm³/mol. The third-order valence-corrected chi connectivity index (χ3v) is 17.4. The fraction of sp³-hybridized carbons (Fsp3) is 0.705. The first kappa shape index (κ1) is 67.6. The SMILES string of the molecule is CC(C)[Si](CCC(F)(F)C(F)(F)C(F)(F)C(F)(F)F)(O[C@H]1/C=C/C(=O)O[C@@H](C)CC(=O)O[C@H](C)[C@@H](OCc2ccc(OCCCC(F)(F)C(F)(F)C(F)(F)C(F)(F)C(F)(F)C(F)(F)F)cc2)/C=C/C(=O)O[C@H]1C)C(C)C. The molecule has 0 aromatic heterocycles. The topological polar surface area (TPSA) is 107 Å². The van der Waals surface area contributed by atoms with Gasteiger partial charge in [0.05, 0.1) is 19.6 Å². The lowest BCUT2D eigenvalue weighted by atomic mass is 9.92. The van der Waals surface area contributed by atoms with Gasteiger partial charge in [-0.25, -0.2) is 9.59 Å². The Kier molecular flexibility index (Phi) is 21.6. The number of hydrogen-bond acceptors (Lipinski definition) is 9. The number of benzene rings is 1. The molecule has 0 fully saturated rings. The van der Waals surface area contributed by atoms with Gasteiger partial charge >= 0.3 is 77.6 Å². The number of rotatable bonds is 21. The molecular formula is C44H50F22O9Si. The summed E-state index contributed by atoms with van der Waals surface area (Å²) in [6.07, 6.45) is -25.2. The first-order valence-electron chi connectivity index (χ1n) is 22.2. The summed E-state index contributed by atoms with van der Waals surface area (Å²) in [5, 5.41) is 0. The maximum atomic E-state index is 14.9. The fourth-order valence-electron chi connectivity index (χ4n) is 7.18. The summed E-state index contributed by atoms with van der Waals surface area (Å²) in [6.45, 7) is 7.54. The van der Waals surface area contributed by atoms with Crippen molar-refractivity contribution >= 4 is 26.2 Å². The van der Waals surface area contributed by atoms with Gasteiger partial charge in [0.2, 0.25) is 0 Å². The van der Waals surface area contributed by atoms with Crippen molar-refractivity contribution in [3.8, 4) is 5.75 Å². The van der Waals surface area contributed by atoms with Gasteiger partial charge in [0, 0.05) is 25.0 Å². The van der Waals surface area contributed by atoms with Crippen LogP contribution in [0.15, 0.2) is 48.6 Å². The lowest BCUT2D eigenvalue weighted by Crippen LogP contribution is -2.70. The number of cyclic esters (lactones) is 3. The molecule has 0 bridgehead atoms. The van der Waals surface area contributed by atoms with Crippen LogP contribution in [-0.4, -0.2) is 123 Å². The van der Waals surface area contributed by atoms with E-state index in [4.69, 9.17) is 28.1 Å². The van der Waals surface area contributed by atoms with Gasteiger partial charge in [-0.05, 0) is 74.2 Å². The van der Waals surface area contributed by atoms with E-state index in [-0.39, 0.29) is 11.3 Å². The molecule has 1 aliphatic heterocycles. The molecule has 0 saturated heterocycles. The van der Waals surface area contributed by atoms with Crippen molar-refractivity contribution in [1.29, 1.82) is 0 Å². The molecule has 2 rings (SSSR count). The molecular weight excluding hydrogens is 1120 g/mol. The van der Waals surface area contributed by atoms with Crippen molar-refractivity contribution in [3.05, 3.63) is 54.1 Å². The van der Waals surface area contributed by atoms with Crippen molar-refractivity contribution in [3.63, 3.8) is 0 Å². The second-order valence-corrected chi connectivity index (χ2v) is 23.0. The molecule has 0 unspecified atom stereocenters. The number of carbonyl (C=O) groups excluding carboxylic acids is 3. The van der Waals surface area contributed by atoms with Gasteiger partial charge in [-0.1, -0.05) is 39.8 Å². The zero-order valence-electron chi connectivity index (χ0n) is 40.6. The van der Waals surface area contributed by atoms with Crippen molar-refractivity contribution < 1.29 is 139 Å². The molecule has 1 heterocycles. The van der Waals surface area contributed by atoms with Gasteiger partial charge in [-0.2, -0.15) is 96.6 Å². The second kappa shape index (κ2) is 24.3. The van der Waals surface area contributed by atoms with Crippen LogP contribution >= 0.6 is 0 Å². The van der Waals surface area contributed by atoms with Crippen molar-refractivity contribution in [1.82, 2.24) is 0 Å². The molecule has 1 aromatic carbocycles. The Morgan fingerprint density at radius 3 is 1.46 bits per heavy atom. The Hall–Kier alpha value is -4.49. The summed E-state index contributed by atoms with van der Waals surface area (Å²) in [7, 11) is -4.16. The molecule has 5 atom stereocenters. The highest BCUT2D eigenvalue weighted by molar-refractivity contribution is 6.76. The van der Waals surface area contributed by atoms with E-state index in [0.717, 1.165) is 37.3 Å². The van der Waals surface area contributed by atoms with Crippen molar-refractivity contribution in [2.75, 3.05) is 6.61 Å². The number of hydrogen-bond donors (Lipinski definition) is 0. The monoisotopic (exact) mass is 1170 g/mol. The first-order chi connectivity index (χ1) is 34.1. The summed E-state index contributed by atoms with van der Waals surface area (Å²) < 4.78 is 332. The van der Waals surface area contributed by atoms with E-state index in [0.29, 0.717) is 6.08 Å². The van der Waals surface area contributed by atoms with Crippen LogP contribution in [0.25, 0.3) is 0 Å². The number of alkyl halides is 22. The Morgan fingerprint density at radius 1 is 0.553 bits per heavy atom. The average Bonchev–Trinajstić information content (AvgIpc) is 3.26. The van der Waals surface area contributed by atoms with Gasteiger partial charge in [0.15, 0.2) is 8.32 Å². The standard InChI is InChI=1S/C44H50F22O9Si/c1-23(2)76(24(3)4,20-18-36(47,48)38(51,52)41(57,58)43(61,62)63)75-31-14-16-32(67)72-25(5)21-34(69)74-26(6)30(13-15-33(68)73-27(31)7)71-22-28-9-11-29(12-10-28)70-19-8-17-35(45,46)37(49,50)39(53,54)40(55,56)42(59,60)44(64,65)66/h9-16,23-27,30-31H,8,17-22H2,1-7H3/b15-13+,16-14+/t25-,26+,27-,30-,31-/m0/s1. The predicted octanol–water partition coefficient (Wildman–Crippen LogP) is 13.8. The molecule has 0 amide bonds. The minimum Gasteiger partial charge on any atom is -0.494 e.